The van der Waals surface area contributed by atoms with Crippen molar-refractivity contribution in [3.05, 3.63) is 28.2 Å². The summed E-state index contributed by atoms with van der Waals surface area (Å²) in [7, 11) is 2.18. The van der Waals surface area contributed by atoms with Crippen molar-refractivity contribution in [3.8, 4) is 0 Å². The first kappa shape index (κ1) is 15.8. The molecule has 1 aromatic carbocycles. The van der Waals surface area contributed by atoms with E-state index in [1.165, 1.54) is 24.1 Å². The standard InChI is InChI=1S/C16H25BrN2O/c1-12(18)9-14-10-15(17)3-4-16(14)19(2)11-13-5-7-20-8-6-13/h3-4,10,12-13H,5-9,11,18H2,1-2H3. The van der Waals surface area contributed by atoms with Crippen LogP contribution in [0, 0.1) is 5.92 Å². The normalized spacial score (nSPS) is 18.0. The van der Waals surface area contributed by atoms with E-state index in [-0.39, 0.29) is 6.04 Å². The van der Waals surface area contributed by atoms with E-state index in [9.17, 15) is 0 Å². The molecule has 1 aromatic rings. The molecule has 0 bridgehead atoms. The molecule has 0 aliphatic carbocycles. The fraction of sp³-hybridized carbons (Fsp3) is 0.625. The minimum atomic E-state index is 0.180. The molecule has 1 saturated heterocycles. The monoisotopic (exact) mass is 340 g/mol. The van der Waals surface area contributed by atoms with E-state index in [0.29, 0.717) is 0 Å². The number of halogens is 1. The quantitative estimate of drug-likeness (QED) is 0.894. The summed E-state index contributed by atoms with van der Waals surface area (Å²) in [6.45, 7) is 4.97. The minimum Gasteiger partial charge on any atom is -0.381 e. The summed E-state index contributed by atoms with van der Waals surface area (Å²) < 4.78 is 6.56. The molecule has 1 heterocycles. The Hall–Kier alpha value is -0.580. The van der Waals surface area contributed by atoms with Crippen LogP contribution in [0.5, 0.6) is 0 Å². The predicted octanol–water partition coefficient (Wildman–Crippen LogP) is 3.20. The number of anilines is 1. The van der Waals surface area contributed by atoms with E-state index in [4.69, 9.17) is 10.5 Å². The third kappa shape index (κ3) is 4.47. The molecule has 0 aromatic heterocycles. The van der Waals surface area contributed by atoms with Crippen LogP contribution in [-0.4, -0.2) is 32.8 Å². The smallest absolute Gasteiger partial charge is 0.0469 e. The lowest BCUT2D eigenvalue weighted by Gasteiger charge is -2.30. The lowest BCUT2D eigenvalue weighted by molar-refractivity contribution is 0.0685. The van der Waals surface area contributed by atoms with Crippen LogP contribution in [0.2, 0.25) is 0 Å². The third-order valence-corrected chi connectivity index (χ3v) is 4.36. The predicted molar refractivity (Wildman–Crippen MR) is 88.3 cm³/mol. The van der Waals surface area contributed by atoms with Gasteiger partial charge >= 0.3 is 0 Å². The molecule has 1 aliphatic rings. The van der Waals surface area contributed by atoms with Crippen molar-refractivity contribution < 1.29 is 4.74 Å². The van der Waals surface area contributed by atoms with Crippen molar-refractivity contribution in [3.63, 3.8) is 0 Å². The van der Waals surface area contributed by atoms with Gasteiger partial charge in [-0.3, -0.25) is 0 Å². The highest BCUT2D eigenvalue weighted by atomic mass is 79.9. The van der Waals surface area contributed by atoms with Gasteiger partial charge in [0.1, 0.15) is 0 Å². The van der Waals surface area contributed by atoms with Crippen LogP contribution in [0.15, 0.2) is 22.7 Å². The Labute approximate surface area is 130 Å². The van der Waals surface area contributed by atoms with E-state index >= 15 is 0 Å². The molecule has 4 heteroatoms. The van der Waals surface area contributed by atoms with Gasteiger partial charge in [-0.15, -0.1) is 0 Å². The first-order valence-corrected chi connectivity index (χ1v) is 8.18. The van der Waals surface area contributed by atoms with Gasteiger partial charge in [0.05, 0.1) is 0 Å². The zero-order valence-corrected chi connectivity index (χ0v) is 14.0. The van der Waals surface area contributed by atoms with Gasteiger partial charge in [-0.25, -0.2) is 0 Å². The number of rotatable bonds is 5. The molecular weight excluding hydrogens is 316 g/mol. The van der Waals surface area contributed by atoms with Crippen molar-refractivity contribution in [2.75, 3.05) is 31.7 Å². The maximum Gasteiger partial charge on any atom is 0.0469 e. The maximum atomic E-state index is 5.98. The zero-order chi connectivity index (χ0) is 14.5. The number of ether oxygens (including phenoxy) is 1. The Kier molecular flexibility index (Phi) is 5.87. The summed E-state index contributed by atoms with van der Waals surface area (Å²) in [5.74, 6) is 0.737. The molecule has 1 atom stereocenters. The highest BCUT2D eigenvalue weighted by Crippen LogP contribution is 2.27. The number of nitrogens with two attached hydrogens (primary N) is 1. The topological polar surface area (TPSA) is 38.5 Å². The summed E-state index contributed by atoms with van der Waals surface area (Å²) in [6.07, 6.45) is 3.25. The molecule has 0 saturated carbocycles. The lowest BCUT2D eigenvalue weighted by Crippen LogP contribution is -2.30. The summed E-state index contributed by atoms with van der Waals surface area (Å²) in [5, 5.41) is 0. The third-order valence-electron chi connectivity index (χ3n) is 3.87. The van der Waals surface area contributed by atoms with Gasteiger partial charge in [-0.05, 0) is 55.9 Å². The SMILES string of the molecule is CC(N)Cc1cc(Br)ccc1N(C)CC1CCOCC1. The molecule has 1 unspecified atom stereocenters. The van der Waals surface area contributed by atoms with Crippen LogP contribution in [0.3, 0.4) is 0 Å². The van der Waals surface area contributed by atoms with Gasteiger partial charge in [0.2, 0.25) is 0 Å². The van der Waals surface area contributed by atoms with Crippen molar-refractivity contribution in [1.29, 1.82) is 0 Å². The minimum absolute atomic E-state index is 0.180. The highest BCUT2D eigenvalue weighted by Gasteiger charge is 2.17. The Morgan fingerprint density at radius 1 is 1.40 bits per heavy atom. The van der Waals surface area contributed by atoms with Crippen molar-refractivity contribution >= 4 is 21.6 Å². The van der Waals surface area contributed by atoms with Crippen molar-refractivity contribution in [2.24, 2.45) is 11.7 Å². The van der Waals surface area contributed by atoms with Crippen LogP contribution in [-0.2, 0) is 11.2 Å². The summed E-state index contributed by atoms with van der Waals surface area (Å²) >= 11 is 3.56. The molecule has 1 fully saturated rings. The second-order valence-electron chi connectivity index (χ2n) is 5.89. The summed E-state index contributed by atoms with van der Waals surface area (Å²) in [6, 6.07) is 6.68. The number of nitrogens with zero attached hydrogens (tertiary/aromatic N) is 1. The van der Waals surface area contributed by atoms with Crippen LogP contribution in [0.25, 0.3) is 0 Å². The fourth-order valence-electron chi connectivity index (χ4n) is 2.85. The second kappa shape index (κ2) is 7.43. The van der Waals surface area contributed by atoms with Gasteiger partial charge in [-0.1, -0.05) is 15.9 Å². The first-order valence-electron chi connectivity index (χ1n) is 7.39. The fourth-order valence-corrected chi connectivity index (χ4v) is 3.26. The van der Waals surface area contributed by atoms with Gasteiger partial charge in [0.25, 0.3) is 0 Å². The van der Waals surface area contributed by atoms with Gasteiger partial charge in [0, 0.05) is 43.0 Å². The van der Waals surface area contributed by atoms with E-state index in [1.54, 1.807) is 0 Å². The van der Waals surface area contributed by atoms with Crippen LogP contribution >= 0.6 is 15.9 Å². The molecule has 2 N–H and O–H groups in total. The van der Waals surface area contributed by atoms with Gasteiger partial charge in [-0.2, -0.15) is 0 Å². The van der Waals surface area contributed by atoms with Crippen LogP contribution in [0.4, 0.5) is 5.69 Å². The number of benzene rings is 1. The average molecular weight is 341 g/mol. The second-order valence-corrected chi connectivity index (χ2v) is 6.81. The lowest BCUT2D eigenvalue weighted by atomic mass is 9.98. The van der Waals surface area contributed by atoms with Crippen molar-refractivity contribution in [2.45, 2.75) is 32.2 Å². The summed E-state index contributed by atoms with van der Waals surface area (Å²) in [5.41, 5.74) is 8.60. The Balaban J connectivity index is 2.09. The Morgan fingerprint density at radius 3 is 2.75 bits per heavy atom. The molecule has 2 rings (SSSR count). The molecule has 0 spiro atoms. The van der Waals surface area contributed by atoms with E-state index < -0.39 is 0 Å². The molecule has 3 nitrogen and oxygen atoms in total. The van der Waals surface area contributed by atoms with E-state index in [1.807, 2.05) is 0 Å². The van der Waals surface area contributed by atoms with E-state index in [0.717, 1.165) is 36.6 Å². The van der Waals surface area contributed by atoms with Gasteiger partial charge in [0.15, 0.2) is 0 Å². The average Bonchev–Trinajstić information content (AvgIpc) is 2.39. The Morgan fingerprint density at radius 2 is 2.10 bits per heavy atom. The zero-order valence-electron chi connectivity index (χ0n) is 12.4. The number of hydrogen-bond acceptors (Lipinski definition) is 3. The van der Waals surface area contributed by atoms with Crippen LogP contribution < -0.4 is 10.6 Å². The molecule has 20 heavy (non-hydrogen) atoms. The first-order chi connectivity index (χ1) is 9.56. The Bertz CT molecular complexity index is 430. The number of hydrogen-bond donors (Lipinski definition) is 1. The molecule has 1 aliphatic heterocycles. The molecular formula is C16H25BrN2O. The molecule has 0 amide bonds. The highest BCUT2D eigenvalue weighted by molar-refractivity contribution is 9.10. The van der Waals surface area contributed by atoms with Gasteiger partial charge < -0.3 is 15.4 Å². The molecule has 0 radical (unpaired) electrons. The van der Waals surface area contributed by atoms with E-state index in [2.05, 4.69) is 53.0 Å². The summed E-state index contributed by atoms with van der Waals surface area (Å²) in [4.78, 5) is 2.38. The van der Waals surface area contributed by atoms with Crippen LogP contribution in [0.1, 0.15) is 25.3 Å². The largest absolute Gasteiger partial charge is 0.381 e. The maximum absolute atomic E-state index is 5.98. The molecule has 112 valence electrons. The van der Waals surface area contributed by atoms with Crippen molar-refractivity contribution in [1.82, 2.24) is 0 Å².